The third-order valence-electron chi connectivity index (χ3n) is 6.69. The van der Waals surface area contributed by atoms with Gasteiger partial charge in [0.15, 0.2) is 0 Å². The molecule has 2 aromatic carbocycles. The van der Waals surface area contributed by atoms with Crippen molar-refractivity contribution in [3.63, 3.8) is 0 Å². The number of H-pyrrole nitrogens is 1. The van der Waals surface area contributed by atoms with Gasteiger partial charge in [0, 0.05) is 17.5 Å². The van der Waals surface area contributed by atoms with Crippen LogP contribution >= 0.6 is 0 Å². The minimum absolute atomic E-state index is 0.0281. The number of nitrogens with zero attached hydrogens (tertiary/aromatic N) is 1. The molecule has 0 radical (unpaired) electrons. The number of fused-ring (bicyclic) bond motifs is 3. The smallest absolute Gasteiger partial charge is 0.270 e. The van der Waals surface area contributed by atoms with Crippen LogP contribution in [0.2, 0.25) is 0 Å². The van der Waals surface area contributed by atoms with E-state index in [1.54, 1.807) is 14.2 Å². The number of ether oxygens (including phenoxy) is 2. The summed E-state index contributed by atoms with van der Waals surface area (Å²) < 4.78 is 24.2. The van der Waals surface area contributed by atoms with Crippen LogP contribution in [-0.2, 0) is 0 Å². The molecule has 5 nitrogen and oxygen atoms in total. The van der Waals surface area contributed by atoms with E-state index in [1.807, 2.05) is 30.3 Å². The summed E-state index contributed by atoms with van der Waals surface area (Å²) in [6.45, 7) is 0. The van der Waals surface area contributed by atoms with E-state index >= 15 is 0 Å². The van der Waals surface area contributed by atoms with Gasteiger partial charge in [0.2, 0.25) is 0 Å². The van der Waals surface area contributed by atoms with Gasteiger partial charge in [-0.15, -0.1) is 0 Å². The van der Waals surface area contributed by atoms with E-state index in [9.17, 15) is 9.18 Å². The number of hydrogen-bond donors (Lipinski definition) is 1. The zero-order valence-electron chi connectivity index (χ0n) is 17.2. The summed E-state index contributed by atoms with van der Waals surface area (Å²) in [6, 6.07) is 12.8. The molecule has 0 saturated carbocycles. The standard InChI is InChI=1S/C24H25FN2O3/c1-29-21-9-10-22(30-2)23-19(21)13-20(26-23)24(28)27-17-7-8-18(27)12-15(11-17)14-3-5-16(25)6-4-14/h3-6,9-10,13,15,17-18,26H,7-8,11-12H2,1-2H3. The number of rotatable bonds is 4. The first-order chi connectivity index (χ1) is 14.6. The maximum absolute atomic E-state index is 13.5. The van der Waals surface area contributed by atoms with Crippen LogP contribution in [0.15, 0.2) is 42.5 Å². The largest absolute Gasteiger partial charge is 0.496 e. The van der Waals surface area contributed by atoms with Gasteiger partial charge in [-0.05, 0) is 67.5 Å². The molecule has 2 aliphatic rings. The van der Waals surface area contributed by atoms with Crippen LogP contribution in [0.5, 0.6) is 11.5 Å². The number of benzene rings is 2. The van der Waals surface area contributed by atoms with Crippen LogP contribution in [0.25, 0.3) is 10.9 Å². The second-order valence-electron chi connectivity index (χ2n) is 8.26. The number of amides is 1. The summed E-state index contributed by atoms with van der Waals surface area (Å²) in [5, 5.41) is 0.841. The maximum atomic E-state index is 13.5. The molecule has 2 saturated heterocycles. The highest BCUT2D eigenvalue weighted by Crippen LogP contribution is 2.44. The summed E-state index contributed by atoms with van der Waals surface area (Å²) in [5.74, 6) is 1.58. The molecule has 2 unspecified atom stereocenters. The summed E-state index contributed by atoms with van der Waals surface area (Å²) in [4.78, 5) is 18.8. The normalized spacial score (nSPS) is 23.0. The molecule has 1 aromatic heterocycles. The predicted molar refractivity (Wildman–Crippen MR) is 113 cm³/mol. The average Bonchev–Trinajstić information content (AvgIpc) is 3.32. The summed E-state index contributed by atoms with van der Waals surface area (Å²) in [7, 11) is 3.24. The van der Waals surface area contributed by atoms with Gasteiger partial charge in [-0.1, -0.05) is 12.1 Å². The minimum Gasteiger partial charge on any atom is -0.496 e. The highest BCUT2D eigenvalue weighted by molar-refractivity contribution is 6.01. The minimum atomic E-state index is -0.209. The van der Waals surface area contributed by atoms with Crippen molar-refractivity contribution in [3.05, 3.63) is 59.5 Å². The zero-order valence-corrected chi connectivity index (χ0v) is 17.2. The van der Waals surface area contributed by atoms with E-state index in [2.05, 4.69) is 9.88 Å². The van der Waals surface area contributed by atoms with Crippen molar-refractivity contribution in [1.82, 2.24) is 9.88 Å². The lowest BCUT2D eigenvalue weighted by atomic mass is 9.85. The lowest BCUT2D eigenvalue weighted by Gasteiger charge is -2.39. The quantitative estimate of drug-likeness (QED) is 0.670. The molecule has 2 atom stereocenters. The molecule has 30 heavy (non-hydrogen) atoms. The maximum Gasteiger partial charge on any atom is 0.270 e. The van der Waals surface area contributed by atoms with Gasteiger partial charge in [-0.2, -0.15) is 0 Å². The Morgan fingerprint density at radius 3 is 2.27 bits per heavy atom. The lowest BCUT2D eigenvalue weighted by Crippen LogP contribution is -2.46. The summed E-state index contributed by atoms with van der Waals surface area (Å²) in [6.07, 6.45) is 3.86. The van der Waals surface area contributed by atoms with Gasteiger partial charge in [0.1, 0.15) is 23.0 Å². The van der Waals surface area contributed by atoms with Crippen molar-refractivity contribution < 1.29 is 18.7 Å². The molecule has 6 heteroatoms. The van der Waals surface area contributed by atoms with Crippen LogP contribution in [-0.4, -0.2) is 42.1 Å². The van der Waals surface area contributed by atoms with Gasteiger partial charge in [-0.25, -0.2) is 4.39 Å². The molecule has 0 spiro atoms. The van der Waals surface area contributed by atoms with Gasteiger partial charge in [-0.3, -0.25) is 4.79 Å². The third kappa shape index (κ3) is 3.02. The Morgan fingerprint density at radius 1 is 1.00 bits per heavy atom. The molecule has 0 aliphatic carbocycles. The fourth-order valence-corrected chi connectivity index (χ4v) is 5.29. The van der Waals surface area contributed by atoms with E-state index in [4.69, 9.17) is 9.47 Å². The number of piperidine rings is 1. The number of nitrogens with one attached hydrogen (secondary N) is 1. The molecular weight excluding hydrogens is 383 g/mol. The molecule has 1 amide bonds. The fourth-order valence-electron chi connectivity index (χ4n) is 5.29. The predicted octanol–water partition coefficient (Wildman–Crippen LogP) is 4.88. The topological polar surface area (TPSA) is 54.6 Å². The Bertz CT molecular complexity index is 1040. The number of carbonyl (C=O) groups excluding carboxylic acids is 1. The number of hydrogen-bond acceptors (Lipinski definition) is 3. The second kappa shape index (κ2) is 7.35. The Balaban J connectivity index is 1.43. The highest BCUT2D eigenvalue weighted by Gasteiger charge is 2.44. The molecule has 2 bridgehead atoms. The van der Waals surface area contributed by atoms with Gasteiger partial charge in [0.25, 0.3) is 5.91 Å². The number of aromatic amines is 1. The molecule has 3 heterocycles. The number of carbonyl (C=O) groups is 1. The number of aromatic nitrogens is 1. The Hall–Kier alpha value is -3.02. The van der Waals surface area contributed by atoms with E-state index < -0.39 is 0 Å². The van der Waals surface area contributed by atoms with Crippen molar-refractivity contribution in [1.29, 1.82) is 0 Å². The Labute approximate surface area is 174 Å². The SMILES string of the molecule is COc1ccc(OC)c2[nH]c(C(=O)N3C4CCC3CC(c3ccc(F)cc3)C4)cc12. The van der Waals surface area contributed by atoms with Gasteiger partial charge >= 0.3 is 0 Å². The Kier molecular flexibility index (Phi) is 4.65. The van der Waals surface area contributed by atoms with Crippen molar-refractivity contribution >= 4 is 16.8 Å². The fraction of sp³-hybridized carbons (Fsp3) is 0.375. The molecule has 2 fully saturated rings. The van der Waals surface area contributed by atoms with Crippen molar-refractivity contribution in [2.24, 2.45) is 0 Å². The molecule has 2 aliphatic heterocycles. The molecule has 5 rings (SSSR count). The van der Waals surface area contributed by atoms with Crippen LogP contribution in [0, 0.1) is 5.82 Å². The summed E-state index contributed by atoms with van der Waals surface area (Å²) in [5.41, 5.74) is 2.50. The average molecular weight is 408 g/mol. The molecule has 3 aromatic rings. The van der Waals surface area contributed by atoms with Crippen LogP contribution < -0.4 is 9.47 Å². The molecule has 156 valence electrons. The summed E-state index contributed by atoms with van der Waals surface area (Å²) >= 11 is 0. The highest BCUT2D eigenvalue weighted by atomic mass is 19.1. The second-order valence-corrected chi connectivity index (χ2v) is 8.26. The zero-order chi connectivity index (χ0) is 20.8. The monoisotopic (exact) mass is 408 g/mol. The van der Waals surface area contributed by atoms with Crippen molar-refractivity contribution in [2.75, 3.05) is 14.2 Å². The first-order valence-electron chi connectivity index (χ1n) is 10.4. The number of methoxy groups -OCH3 is 2. The van der Waals surface area contributed by atoms with Crippen LogP contribution in [0.4, 0.5) is 4.39 Å². The van der Waals surface area contributed by atoms with Crippen LogP contribution in [0.3, 0.4) is 0 Å². The lowest BCUT2D eigenvalue weighted by molar-refractivity contribution is 0.0566. The number of halogens is 1. The van der Waals surface area contributed by atoms with E-state index in [1.165, 1.54) is 17.7 Å². The van der Waals surface area contributed by atoms with E-state index in [0.29, 0.717) is 23.1 Å². The third-order valence-corrected chi connectivity index (χ3v) is 6.69. The molecular formula is C24H25FN2O3. The van der Waals surface area contributed by atoms with Crippen molar-refractivity contribution in [3.8, 4) is 11.5 Å². The van der Waals surface area contributed by atoms with Crippen LogP contribution in [0.1, 0.15) is 47.7 Å². The first-order valence-corrected chi connectivity index (χ1v) is 10.4. The molecule has 1 N–H and O–H groups in total. The van der Waals surface area contributed by atoms with E-state index in [-0.39, 0.29) is 23.8 Å². The van der Waals surface area contributed by atoms with Gasteiger partial charge < -0.3 is 19.4 Å². The first kappa shape index (κ1) is 19.0. The Morgan fingerprint density at radius 2 is 1.63 bits per heavy atom. The van der Waals surface area contributed by atoms with Gasteiger partial charge in [0.05, 0.1) is 19.7 Å². The van der Waals surface area contributed by atoms with E-state index in [0.717, 1.165) is 36.6 Å². The van der Waals surface area contributed by atoms with Crippen molar-refractivity contribution in [2.45, 2.75) is 43.7 Å².